The highest BCUT2D eigenvalue weighted by Gasteiger charge is 2.32. The quantitative estimate of drug-likeness (QED) is 0.0905. The summed E-state index contributed by atoms with van der Waals surface area (Å²) >= 11 is 3.16. The second-order valence-electron chi connectivity index (χ2n) is 15.3. The number of benzene rings is 2. The lowest BCUT2D eigenvalue weighted by atomic mass is 9.82. The SMILES string of the molecule is CCCCCCC#Cc1sc2cc3c(cc2c1C#C[Si](C)(C)C)C(=O)c1cc2sc(C#CCCCCCC)c(C#C[Si](C)(C)C)c2cc1C3=O. The van der Waals surface area contributed by atoms with Crippen LogP contribution in [0.2, 0.25) is 39.3 Å². The van der Waals surface area contributed by atoms with Crippen LogP contribution in [-0.4, -0.2) is 27.7 Å². The first kappa shape index (κ1) is 37.6. The Morgan fingerprint density at radius 2 is 0.900 bits per heavy atom. The van der Waals surface area contributed by atoms with Gasteiger partial charge in [-0.1, -0.05) is 127 Å². The fourth-order valence-electron chi connectivity index (χ4n) is 5.82. The first-order chi connectivity index (χ1) is 23.8. The molecule has 50 heavy (non-hydrogen) atoms. The van der Waals surface area contributed by atoms with Crippen LogP contribution in [0.15, 0.2) is 24.3 Å². The van der Waals surface area contributed by atoms with Gasteiger partial charge in [-0.2, -0.15) is 0 Å². The molecule has 2 aromatic carbocycles. The molecule has 0 saturated heterocycles. The molecule has 5 rings (SSSR count). The van der Waals surface area contributed by atoms with Crippen LogP contribution in [0.3, 0.4) is 0 Å². The third-order valence-electron chi connectivity index (χ3n) is 8.47. The number of carbonyl (C=O) groups excluding carboxylic acids is 2. The van der Waals surface area contributed by atoms with Crippen LogP contribution in [0, 0.1) is 46.6 Å². The van der Waals surface area contributed by atoms with E-state index in [1.54, 1.807) is 22.7 Å². The van der Waals surface area contributed by atoms with Gasteiger partial charge in [0.05, 0.1) is 20.9 Å². The van der Waals surface area contributed by atoms with E-state index in [9.17, 15) is 9.59 Å². The third kappa shape index (κ3) is 8.99. The molecule has 0 N–H and O–H groups in total. The summed E-state index contributed by atoms with van der Waals surface area (Å²) in [5, 5.41) is 1.83. The molecule has 4 aromatic rings. The van der Waals surface area contributed by atoms with Gasteiger partial charge in [0.2, 0.25) is 0 Å². The number of unbranched alkanes of at least 4 members (excludes halogenated alkanes) is 8. The largest absolute Gasteiger partial charge is 0.289 e. The minimum absolute atomic E-state index is 0.121. The normalized spacial score (nSPS) is 12.2. The Balaban J connectivity index is 1.61. The van der Waals surface area contributed by atoms with E-state index in [2.05, 4.69) is 99.7 Å². The Hall–Kier alpha value is -3.63. The Bertz CT molecular complexity index is 2060. The lowest BCUT2D eigenvalue weighted by Crippen LogP contribution is -2.20. The summed E-state index contributed by atoms with van der Waals surface area (Å²) in [6, 6.07) is 7.63. The van der Waals surface area contributed by atoms with E-state index in [1.807, 2.05) is 24.3 Å². The van der Waals surface area contributed by atoms with Crippen molar-refractivity contribution in [3.63, 3.8) is 0 Å². The minimum atomic E-state index is -1.68. The molecule has 2 heterocycles. The number of fused-ring (bicyclic) bond motifs is 4. The first-order valence-corrected chi connectivity index (χ1v) is 26.8. The van der Waals surface area contributed by atoms with E-state index in [0.29, 0.717) is 22.3 Å². The molecule has 0 saturated carbocycles. The average molecular weight is 729 g/mol. The van der Waals surface area contributed by atoms with Gasteiger partial charge < -0.3 is 0 Å². The van der Waals surface area contributed by atoms with Gasteiger partial charge in [0.25, 0.3) is 0 Å². The molecular weight excluding hydrogens is 681 g/mol. The van der Waals surface area contributed by atoms with Crippen LogP contribution in [-0.2, 0) is 0 Å². The van der Waals surface area contributed by atoms with Gasteiger partial charge in [0.15, 0.2) is 11.6 Å². The molecule has 1 aliphatic rings. The third-order valence-corrected chi connectivity index (χ3v) is 12.4. The van der Waals surface area contributed by atoms with Gasteiger partial charge in [0, 0.05) is 55.3 Å². The van der Waals surface area contributed by atoms with Crippen LogP contribution < -0.4 is 0 Å². The number of rotatable bonds is 8. The van der Waals surface area contributed by atoms with Crippen molar-refractivity contribution in [1.82, 2.24) is 0 Å². The van der Waals surface area contributed by atoms with Crippen molar-refractivity contribution < 1.29 is 9.59 Å². The van der Waals surface area contributed by atoms with Crippen molar-refractivity contribution >= 4 is 70.6 Å². The maximum atomic E-state index is 14.3. The molecule has 0 spiro atoms. The van der Waals surface area contributed by atoms with E-state index in [1.165, 1.54) is 38.5 Å². The predicted molar refractivity (Wildman–Crippen MR) is 222 cm³/mol. The van der Waals surface area contributed by atoms with Crippen molar-refractivity contribution in [2.75, 3.05) is 0 Å². The van der Waals surface area contributed by atoms with Crippen LogP contribution in [0.5, 0.6) is 0 Å². The second-order valence-corrected chi connectivity index (χ2v) is 26.9. The number of thiophene rings is 2. The Morgan fingerprint density at radius 3 is 1.26 bits per heavy atom. The number of hydrogen-bond donors (Lipinski definition) is 0. The molecule has 0 fully saturated rings. The highest BCUT2D eigenvalue weighted by atomic mass is 32.1. The fraction of sp³-hybridized carbons (Fsp3) is 0.409. The molecule has 1 aliphatic carbocycles. The topological polar surface area (TPSA) is 34.1 Å². The lowest BCUT2D eigenvalue weighted by Gasteiger charge is -2.18. The molecule has 0 bridgehead atoms. The van der Waals surface area contributed by atoms with Crippen molar-refractivity contribution in [3.05, 3.63) is 67.4 Å². The van der Waals surface area contributed by atoms with Crippen LogP contribution >= 0.6 is 22.7 Å². The first-order valence-electron chi connectivity index (χ1n) is 18.2. The Labute approximate surface area is 309 Å². The van der Waals surface area contributed by atoms with Gasteiger partial charge in [-0.3, -0.25) is 9.59 Å². The highest BCUT2D eigenvalue weighted by molar-refractivity contribution is 7.20. The monoisotopic (exact) mass is 728 g/mol. The molecule has 0 atom stereocenters. The summed E-state index contributed by atoms with van der Waals surface area (Å²) in [5.74, 6) is 20.3. The fourth-order valence-corrected chi connectivity index (χ4v) is 8.93. The minimum Gasteiger partial charge on any atom is -0.289 e. The van der Waals surface area contributed by atoms with Gasteiger partial charge >= 0.3 is 0 Å². The van der Waals surface area contributed by atoms with E-state index < -0.39 is 16.1 Å². The summed E-state index contributed by atoms with van der Waals surface area (Å²) in [6.45, 7) is 17.8. The zero-order valence-corrected chi connectivity index (χ0v) is 34.6. The van der Waals surface area contributed by atoms with Crippen molar-refractivity contribution in [3.8, 4) is 46.6 Å². The molecule has 0 unspecified atom stereocenters. The summed E-state index contributed by atoms with van der Waals surface area (Å²) in [6.07, 6.45) is 11.1. The van der Waals surface area contributed by atoms with Gasteiger partial charge in [-0.15, -0.1) is 33.8 Å². The van der Waals surface area contributed by atoms with Crippen molar-refractivity contribution in [2.24, 2.45) is 0 Å². The summed E-state index contributed by atoms with van der Waals surface area (Å²) < 4.78 is 1.89. The summed E-state index contributed by atoms with van der Waals surface area (Å²) in [5.41, 5.74) is 10.6. The molecule has 2 aromatic heterocycles. The maximum Gasteiger partial charge on any atom is 0.194 e. The molecule has 0 radical (unpaired) electrons. The molecule has 0 aliphatic heterocycles. The zero-order chi connectivity index (χ0) is 36.1. The van der Waals surface area contributed by atoms with Crippen LogP contribution in [0.25, 0.3) is 20.2 Å². The number of ketones is 2. The zero-order valence-electron chi connectivity index (χ0n) is 31.0. The average Bonchev–Trinajstić information content (AvgIpc) is 3.58. The molecular formula is C44H48O2S2Si2. The van der Waals surface area contributed by atoms with E-state index in [4.69, 9.17) is 0 Å². The van der Waals surface area contributed by atoms with Crippen LogP contribution in [0.4, 0.5) is 0 Å². The van der Waals surface area contributed by atoms with Gasteiger partial charge in [0.1, 0.15) is 16.1 Å². The molecule has 0 amide bonds. The Kier molecular flexibility index (Phi) is 12.2. The van der Waals surface area contributed by atoms with Crippen LogP contribution in [0.1, 0.15) is 131 Å². The Morgan fingerprint density at radius 1 is 0.520 bits per heavy atom. The molecule has 2 nitrogen and oxygen atoms in total. The number of hydrogen-bond acceptors (Lipinski definition) is 4. The second kappa shape index (κ2) is 16.2. The number of carbonyl (C=O) groups is 2. The maximum absolute atomic E-state index is 14.3. The summed E-state index contributed by atoms with van der Waals surface area (Å²) in [4.78, 5) is 30.4. The molecule has 6 heteroatoms. The van der Waals surface area contributed by atoms with Gasteiger partial charge in [-0.05, 0) is 37.1 Å². The van der Waals surface area contributed by atoms with Crippen molar-refractivity contribution in [2.45, 2.75) is 117 Å². The summed E-state index contributed by atoms with van der Waals surface area (Å²) in [7, 11) is -3.36. The smallest absolute Gasteiger partial charge is 0.194 e. The predicted octanol–water partition coefficient (Wildman–Crippen LogP) is 12.0. The van der Waals surface area contributed by atoms with E-state index >= 15 is 0 Å². The highest BCUT2D eigenvalue weighted by Crippen LogP contribution is 2.40. The lowest BCUT2D eigenvalue weighted by molar-refractivity contribution is 0.0979. The standard InChI is InChI=1S/C44H48O2S2Si2/c1-9-11-13-15-17-19-21-39-31(23-25-49(3,4)5)33-27-35-37(29-41(33)47-39)44(46)36-28-34-32(24-26-50(6,7)8)40(22-20-18-16-14-12-10-2)48-42(34)30-38(36)43(35)45/h27-30H,9-18H2,1-8H3. The van der Waals surface area contributed by atoms with Crippen molar-refractivity contribution in [1.29, 1.82) is 0 Å². The van der Waals surface area contributed by atoms with E-state index in [-0.39, 0.29) is 11.6 Å². The molecule has 256 valence electrons. The van der Waals surface area contributed by atoms with Gasteiger partial charge in [-0.25, -0.2) is 0 Å². The van der Waals surface area contributed by atoms with E-state index in [0.717, 1.165) is 66.7 Å².